The van der Waals surface area contributed by atoms with E-state index < -0.39 is 34.5 Å². The van der Waals surface area contributed by atoms with Crippen molar-refractivity contribution in [3.05, 3.63) is 60.3 Å². The van der Waals surface area contributed by atoms with E-state index in [1.54, 1.807) is 26.0 Å². The normalized spacial score (nSPS) is 13.2. The second kappa shape index (κ2) is 11.8. The Morgan fingerprint density at radius 3 is 2.58 bits per heavy atom. The number of nitrogens with zero attached hydrogens (tertiary/aromatic N) is 3. The van der Waals surface area contributed by atoms with E-state index in [9.17, 15) is 27.3 Å². The number of halogens is 3. The van der Waals surface area contributed by atoms with Crippen molar-refractivity contribution in [2.45, 2.75) is 31.0 Å². The molecule has 0 aliphatic rings. The van der Waals surface area contributed by atoms with E-state index in [1.165, 1.54) is 30.5 Å². The third kappa shape index (κ3) is 7.15. The van der Waals surface area contributed by atoms with Gasteiger partial charge in [-0.05, 0) is 43.7 Å². The summed E-state index contributed by atoms with van der Waals surface area (Å²) in [5.41, 5.74) is 0.273. The predicted octanol–water partition coefficient (Wildman–Crippen LogP) is 5.36. The Morgan fingerprint density at radius 1 is 1.22 bits per heavy atom. The summed E-state index contributed by atoms with van der Waals surface area (Å²) < 4.78 is 59.8. The molecule has 0 spiro atoms. The zero-order valence-electron chi connectivity index (χ0n) is 19.2. The lowest BCUT2D eigenvalue weighted by molar-refractivity contribution is -0.137. The molecule has 1 amide bonds. The first-order valence-corrected chi connectivity index (χ1v) is 11.8. The lowest BCUT2D eigenvalue weighted by Crippen LogP contribution is -2.21. The van der Waals surface area contributed by atoms with Gasteiger partial charge in [-0.2, -0.15) is 18.2 Å². The average molecular weight is 523 g/mol. The molecule has 2 aromatic carbocycles. The number of ether oxygens (including phenoxy) is 1. The number of alkyl halides is 3. The molecule has 0 radical (unpaired) electrons. The molecule has 3 rings (SSSR count). The molecule has 3 N–H and O–H groups in total. The van der Waals surface area contributed by atoms with Crippen LogP contribution >= 0.6 is 0 Å². The minimum Gasteiger partial charge on any atom is -0.450 e. The van der Waals surface area contributed by atoms with E-state index in [1.807, 2.05) is 0 Å². The fourth-order valence-electron chi connectivity index (χ4n) is 2.96. The Bertz CT molecular complexity index is 1300. The van der Waals surface area contributed by atoms with Crippen LogP contribution in [0.3, 0.4) is 0 Å². The van der Waals surface area contributed by atoms with E-state index in [2.05, 4.69) is 29.7 Å². The first-order valence-electron chi connectivity index (χ1n) is 10.7. The first-order chi connectivity index (χ1) is 17.1. The highest BCUT2D eigenvalue weighted by Crippen LogP contribution is 2.34. The summed E-state index contributed by atoms with van der Waals surface area (Å²) in [5, 5.41) is 15.4. The molecule has 0 aliphatic carbocycles. The number of carbonyl (C=O) groups is 1. The Balaban J connectivity index is 1.88. The van der Waals surface area contributed by atoms with Gasteiger partial charge in [0.25, 0.3) is 0 Å². The number of carbonyl (C=O) groups excluding carboxylic acids is 1. The number of hydrogen-bond donors (Lipinski definition) is 3. The highest BCUT2D eigenvalue weighted by Gasteiger charge is 2.30. The summed E-state index contributed by atoms with van der Waals surface area (Å²) in [5.74, 6) is 0.350. The van der Waals surface area contributed by atoms with Crippen LogP contribution in [0.1, 0.15) is 19.4 Å². The minimum absolute atomic E-state index is 0.114. The second-order valence-electron chi connectivity index (χ2n) is 7.45. The lowest BCUT2D eigenvalue weighted by Gasteiger charge is -2.17. The molecule has 1 aromatic heterocycles. The summed E-state index contributed by atoms with van der Waals surface area (Å²) in [7, 11) is -1.94. The number of rotatable bonds is 8. The number of anilines is 3. The van der Waals surface area contributed by atoms with Gasteiger partial charge in [-0.15, -0.1) is 10.6 Å². The van der Waals surface area contributed by atoms with Crippen molar-refractivity contribution in [1.82, 2.24) is 9.97 Å². The molecule has 0 aliphatic heterocycles. The van der Waals surface area contributed by atoms with Crippen molar-refractivity contribution >= 4 is 34.1 Å². The molecule has 192 valence electrons. The standard InChI is InChI=1S/C23H23F3N5O4S/c1-3-35-22(33)31-36(34)18-9-7-17(8-10-18)29-21-27-12-19(20(30-21)28-14(2)13-32)15-5-4-6-16(11-15)23(24,25)26/h4-12,14,32H,3,13H2,1-2H3,(H2,27,28,29,30)/q-1/t14-/m1/s1. The molecule has 0 bridgehead atoms. The number of benzene rings is 2. The van der Waals surface area contributed by atoms with E-state index in [0.29, 0.717) is 11.3 Å². The maximum Gasteiger partial charge on any atom is 0.416 e. The van der Waals surface area contributed by atoms with Crippen LogP contribution in [0.4, 0.5) is 35.4 Å². The van der Waals surface area contributed by atoms with Crippen LogP contribution in [-0.4, -0.2) is 40.4 Å². The summed E-state index contributed by atoms with van der Waals surface area (Å²) >= 11 is 0. The molecule has 36 heavy (non-hydrogen) atoms. The van der Waals surface area contributed by atoms with Crippen molar-refractivity contribution in [1.29, 1.82) is 0 Å². The zero-order chi connectivity index (χ0) is 26.3. The molecule has 0 saturated heterocycles. The Kier molecular flexibility index (Phi) is 8.83. The van der Waals surface area contributed by atoms with Gasteiger partial charge in [-0.1, -0.05) is 29.2 Å². The van der Waals surface area contributed by atoms with Crippen molar-refractivity contribution in [2.24, 2.45) is 4.36 Å². The monoisotopic (exact) mass is 522 g/mol. The van der Waals surface area contributed by atoms with E-state index in [4.69, 9.17) is 0 Å². The fourth-order valence-corrected chi connectivity index (χ4v) is 3.62. The van der Waals surface area contributed by atoms with Crippen molar-refractivity contribution in [3.8, 4) is 11.1 Å². The third-order valence-corrected chi connectivity index (χ3v) is 5.67. The molecule has 0 unspecified atom stereocenters. The molecule has 3 aromatic rings. The van der Waals surface area contributed by atoms with Gasteiger partial charge in [0.05, 0.1) is 18.8 Å². The lowest BCUT2D eigenvalue weighted by atomic mass is 10.0. The van der Waals surface area contributed by atoms with Crippen molar-refractivity contribution in [3.63, 3.8) is 0 Å². The largest absolute Gasteiger partial charge is 0.450 e. The van der Waals surface area contributed by atoms with Crippen LogP contribution in [0.5, 0.6) is 0 Å². The average Bonchev–Trinajstić information content (AvgIpc) is 2.84. The fraction of sp³-hybridized carbons (Fsp3) is 0.261. The highest BCUT2D eigenvalue weighted by molar-refractivity contribution is 7.75. The topological polar surface area (TPSA) is 126 Å². The molecule has 1 atom stereocenters. The van der Waals surface area contributed by atoms with Crippen LogP contribution in [0, 0.1) is 0 Å². The van der Waals surface area contributed by atoms with E-state index >= 15 is 0 Å². The van der Waals surface area contributed by atoms with E-state index in [-0.39, 0.29) is 35.4 Å². The highest BCUT2D eigenvalue weighted by atomic mass is 32.2. The molecular weight excluding hydrogens is 499 g/mol. The Morgan fingerprint density at radius 2 is 1.94 bits per heavy atom. The van der Waals surface area contributed by atoms with Gasteiger partial charge in [-0.25, -0.2) is 9.78 Å². The Labute approximate surface area is 207 Å². The summed E-state index contributed by atoms with van der Waals surface area (Å²) in [6.07, 6.45) is -4.06. The maximum absolute atomic E-state index is 13.2. The first kappa shape index (κ1) is 26.9. The van der Waals surface area contributed by atoms with Crippen molar-refractivity contribution < 1.29 is 32.0 Å². The smallest absolute Gasteiger partial charge is 0.416 e. The number of amides is 1. The molecule has 0 fully saturated rings. The van der Waals surface area contributed by atoms with Crippen LogP contribution in [0.25, 0.3) is 11.1 Å². The number of aliphatic hydroxyl groups is 1. The van der Waals surface area contributed by atoms with Crippen LogP contribution < -0.4 is 10.6 Å². The molecule has 9 nitrogen and oxygen atoms in total. The van der Waals surface area contributed by atoms with Crippen LogP contribution in [0.2, 0.25) is 0 Å². The zero-order valence-corrected chi connectivity index (χ0v) is 20.1. The van der Waals surface area contributed by atoms with Gasteiger partial charge < -0.3 is 24.7 Å². The molecule has 13 heteroatoms. The van der Waals surface area contributed by atoms with E-state index in [0.717, 1.165) is 12.1 Å². The summed E-state index contributed by atoms with van der Waals surface area (Å²) in [6.45, 7) is 3.18. The SMILES string of the molecule is CCOC(=O)N=[S-](=O)c1ccc(Nc2ncc(-c3cccc(C(F)(F)F)c3)c(N[C@H](C)CO)n2)cc1. The molecular formula is C23H23F3N5O4S-. The number of aliphatic hydroxyl groups excluding tert-OH is 1. The van der Waals surface area contributed by atoms with Crippen LogP contribution in [-0.2, 0) is 25.7 Å². The number of nitrogens with one attached hydrogen (secondary N) is 2. The summed E-state index contributed by atoms with van der Waals surface area (Å²) in [4.78, 5) is 20.2. The van der Waals surface area contributed by atoms with Gasteiger partial charge in [-0.3, -0.25) is 4.36 Å². The number of aromatic nitrogens is 2. The van der Waals surface area contributed by atoms with Crippen LogP contribution in [0.15, 0.2) is 64.0 Å². The number of hydrogen-bond acceptors (Lipinski definition) is 9. The van der Waals surface area contributed by atoms with Crippen molar-refractivity contribution in [2.75, 3.05) is 23.8 Å². The minimum atomic E-state index is -4.51. The van der Waals surface area contributed by atoms with Gasteiger partial charge in [0.15, 0.2) is 0 Å². The summed E-state index contributed by atoms with van der Waals surface area (Å²) in [6, 6.07) is 10.5. The molecule has 0 saturated carbocycles. The second-order valence-corrected chi connectivity index (χ2v) is 8.60. The quantitative estimate of drug-likeness (QED) is 0.338. The van der Waals surface area contributed by atoms with Gasteiger partial charge in [0.1, 0.15) is 5.82 Å². The van der Waals surface area contributed by atoms with Gasteiger partial charge >= 0.3 is 12.3 Å². The third-order valence-electron chi connectivity index (χ3n) is 4.68. The Hall–Kier alpha value is -3.71. The predicted molar refractivity (Wildman–Crippen MR) is 128 cm³/mol. The van der Waals surface area contributed by atoms with Gasteiger partial charge in [0, 0.05) is 23.5 Å². The van der Waals surface area contributed by atoms with Gasteiger partial charge in [0.2, 0.25) is 5.95 Å². The maximum atomic E-state index is 13.2. The molecule has 1 heterocycles.